The Bertz CT molecular complexity index is 480. The molecular formula is C12H15F3N4. The molecule has 2 N–H and O–H groups in total. The van der Waals surface area contributed by atoms with Crippen LogP contribution >= 0.6 is 0 Å². The number of nitrogen functional groups attached to an aromatic ring is 1. The second kappa shape index (κ2) is 4.25. The molecule has 0 spiro atoms. The third kappa shape index (κ3) is 2.90. The van der Waals surface area contributed by atoms with Crippen LogP contribution in [0.1, 0.15) is 31.5 Å². The minimum Gasteiger partial charge on any atom is -0.384 e. The van der Waals surface area contributed by atoms with Crippen molar-refractivity contribution in [3.63, 3.8) is 0 Å². The molecule has 0 amide bonds. The van der Waals surface area contributed by atoms with Crippen molar-refractivity contribution in [2.75, 3.05) is 17.2 Å². The topological polar surface area (TPSA) is 55.0 Å². The first-order valence-electron chi connectivity index (χ1n) is 6.42. The van der Waals surface area contributed by atoms with Gasteiger partial charge in [-0.05, 0) is 31.6 Å². The SMILES string of the molecule is Nc1cc(N(CC2CC2)C2CC2)nc(C(F)(F)F)n1. The Kier molecular flexibility index (Phi) is 2.79. The lowest BCUT2D eigenvalue weighted by atomic mass is 10.3. The number of rotatable bonds is 4. The van der Waals surface area contributed by atoms with Crippen molar-refractivity contribution < 1.29 is 13.2 Å². The highest BCUT2D eigenvalue weighted by molar-refractivity contribution is 5.49. The summed E-state index contributed by atoms with van der Waals surface area (Å²) in [7, 11) is 0. The second-order valence-electron chi connectivity index (χ2n) is 5.30. The van der Waals surface area contributed by atoms with Crippen LogP contribution in [0.5, 0.6) is 0 Å². The fraction of sp³-hybridized carbons (Fsp3) is 0.667. The van der Waals surface area contributed by atoms with Crippen molar-refractivity contribution in [1.29, 1.82) is 0 Å². The summed E-state index contributed by atoms with van der Waals surface area (Å²) in [5, 5.41) is 0. The molecule has 4 nitrogen and oxygen atoms in total. The van der Waals surface area contributed by atoms with Gasteiger partial charge in [0, 0.05) is 18.7 Å². The minimum atomic E-state index is -4.56. The summed E-state index contributed by atoms with van der Waals surface area (Å²) in [6.45, 7) is 0.776. The third-order valence-electron chi connectivity index (χ3n) is 3.42. The van der Waals surface area contributed by atoms with E-state index in [1.165, 1.54) is 6.07 Å². The molecule has 104 valence electrons. The highest BCUT2D eigenvalue weighted by Crippen LogP contribution is 2.38. The van der Waals surface area contributed by atoms with Gasteiger partial charge in [0.1, 0.15) is 11.6 Å². The Morgan fingerprint density at radius 3 is 2.42 bits per heavy atom. The van der Waals surface area contributed by atoms with E-state index in [2.05, 4.69) is 9.97 Å². The molecule has 1 aromatic heterocycles. The number of aromatic nitrogens is 2. The first-order chi connectivity index (χ1) is 8.93. The lowest BCUT2D eigenvalue weighted by Gasteiger charge is -2.24. The van der Waals surface area contributed by atoms with Gasteiger partial charge in [-0.3, -0.25) is 0 Å². The normalized spacial score (nSPS) is 19.5. The van der Waals surface area contributed by atoms with Crippen LogP contribution in [0.3, 0.4) is 0 Å². The Hall–Kier alpha value is -1.53. The molecule has 1 aromatic rings. The van der Waals surface area contributed by atoms with Gasteiger partial charge >= 0.3 is 6.18 Å². The fourth-order valence-electron chi connectivity index (χ4n) is 2.12. The number of alkyl halides is 3. The minimum absolute atomic E-state index is 0.126. The molecule has 3 rings (SSSR count). The van der Waals surface area contributed by atoms with Crippen LogP contribution in [0.2, 0.25) is 0 Å². The molecule has 2 aliphatic carbocycles. The van der Waals surface area contributed by atoms with Crippen LogP contribution < -0.4 is 10.6 Å². The number of nitrogens with zero attached hydrogens (tertiary/aromatic N) is 3. The maximum atomic E-state index is 12.7. The van der Waals surface area contributed by atoms with Crippen molar-refractivity contribution in [2.24, 2.45) is 5.92 Å². The summed E-state index contributed by atoms with van der Waals surface area (Å²) in [4.78, 5) is 8.90. The van der Waals surface area contributed by atoms with Crippen molar-refractivity contribution in [2.45, 2.75) is 37.9 Å². The fourth-order valence-corrected chi connectivity index (χ4v) is 2.12. The Labute approximate surface area is 108 Å². The monoisotopic (exact) mass is 272 g/mol. The molecular weight excluding hydrogens is 257 g/mol. The van der Waals surface area contributed by atoms with Gasteiger partial charge in [0.15, 0.2) is 0 Å². The summed E-state index contributed by atoms with van der Waals surface area (Å²) >= 11 is 0. The molecule has 0 aromatic carbocycles. The van der Waals surface area contributed by atoms with Crippen molar-refractivity contribution >= 4 is 11.6 Å². The van der Waals surface area contributed by atoms with E-state index in [0.717, 1.165) is 32.2 Å². The van der Waals surface area contributed by atoms with Gasteiger partial charge in [-0.15, -0.1) is 0 Å². The van der Waals surface area contributed by atoms with Crippen LogP contribution in [-0.4, -0.2) is 22.6 Å². The van der Waals surface area contributed by atoms with Gasteiger partial charge in [0.05, 0.1) is 0 Å². The predicted molar refractivity (Wildman–Crippen MR) is 64.5 cm³/mol. The molecule has 0 aliphatic heterocycles. The summed E-state index contributed by atoms with van der Waals surface area (Å²) < 4.78 is 38.1. The molecule has 2 aliphatic rings. The van der Waals surface area contributed by atoms with Crippen molar-refractivity contribution in [3.05, 3.63) is 11.9 Å². The molecule has 0 atom stereocenters. The van der Waals surface area contributed by atoms with E-state index >= 15 is 0 Å². The molecule has 0 saturated heterocycles. The summed E-state index contributed by atoms with van der Waals surface area (Å²) in [5.41, 5.74) is 5.48. The molecule has 0 radical (unpaired) electrons. The first kappa shape index (κ1) is 12.5. The largest absolute Gasteiger partial charge is 0.451 e. The maximum absolute atomic E-state index is 12.7. The Balaban J connectivity index is 1.90. The molecule has 2 saturated carbocycles. The van der Waals surface area contributed by atoms with Crippen LogP contribution in [0.4, 0.5) is 24.8 Å². The lowest BCUT2D eigenvalue weighted by Crippen LogP contribution is -2.30. The summed E-state index contributed by atoms with van der Waals surface area (Å²) in [6, 6.07) is 1.76. The smallest absolute Gasteiger partial charge is 0.384 e. The number of anilines is 2. The van der Waals surface area contributed by atoms with E-state index < -0.39 is 12.0 Å². The number of nitrogens with two attached hydrogens (primary N) is 1. The van der Waals surface area contributed by atoms with Crippen LogP contribution in [-0.2, 0) is 6.18 Å². The molecule has 19 heavy (non-hydrogen) atoms. The quantitative estimate of drug-likeness (QED) is 0.914. The van der Waals surface area contributed by atoms with E-state index in [0.29, 0.717) is 17.8 Å². The average Bonchev–Trinajstić information content (AvgIpc) is 3.17. The van der Waals surface area contributed by atoms with E-state index in [-0.39, 0.29) is 5.82 Å². The standard InChI is InChI=1S/C12H15F3N4/c13-12(14,15)11-17-9(16)5-10(18-11)19(8-3-4-8)6-7-1-2-7/h5,7-8H,1-4,6H2,(H2,16,17,18). The number of hydrogen-bond donors (Lipinski definition) is 1. The number of hydrogen-bond acceptors (Lipinski definition) is 4. The van der Waals surface area contributed by atoms with Crippen LogP contribution in [0, 0.1) is 5.92 Å². The van der Waals surface area contributed by atoms with Gasteiger partial charge in [-0.2, -0.15) is 13.2 Å². The molecule has 0 bridgehead atoms. The van der Waals surface area contributed by atoms with Gasteiger partial charge in [0.2, 0.25) is 5.82 Å². The molecule has 2 fully saturated rings. The van der Waals surface area contributed by atoms with Crippen LogP contribution in [0.15, 0.2) is 6.07 Å². The predicted octanol–water partition coefficient (Wildman–Crippen LogP) is 2.46. The van der Waals surface area contributed by atoms with E-state index in [4.69, 9.17) is 5.73 Å². The number of halogens is 3. The van der Waals surface area contributed by atoms with E-state index in [1.807, 2.05) is 4.90 Å². The molecule has 7 heteroatoms. The van der Waals surface area contributed by atoms with Gasteiger partial charge < -0.3 is 10.6 Å². The van der Waals surface area contributed by atoms with Gasteiger partial charge in [-0.1, -0.05) is 0 Å². The second-order valence-corrected chi connectivity index (χ2v) is 5.30. The zero-order chi connectivity index (χ0) is 13.6. The third-order valence-corrected chi connectivity index (χ3v) is 3.42. The van der Waals surface area contributed by atoms with Gasteiger partial charge in [-0.25, -0.2) is 9.97 Å². The lowest BCUT2D eigenvalue weighted by molar-refractivity contribution is -0.144. The summed E-state index contributed by atoms with van der Waals surface area (Å²) in [5.74, 6) is -0.372. The molecule has 1 heterocycles. The molecule has 0 unspecified atom stereocenters. The van der Waals surface area contributed by atoms with Gasteiger partial charge in [0.25, 0.3) is 0 Å². The van der Waals surface area contributed by atoms with E-state index in [1.54, 1.807) is 0 Å². The zero-order valence-electron chi connectivity index (χ0n) is 10.3. The maximum Gasteiger partial charge on any atom is 0.451 e. The highest BCUT2D eigenvalue weighted by Gasteiger charge is 2.38. The highest BCUT2D eigenvalue weighted by atomic mass is 19.4. The van der Waals surface area contributed by atoms with Crippen LogP contribution in [0.25, 0.3) is 0 Å². The Morgan fingerprint density at radius 1 is 1.21 bits per heavy atom. The Morgan fingerprint density at radius 2 is 1.89 bits per heavy atom. The zero-order valence-corrected chi connectivity index (χ0v) is 10.3. The van der Waals surface area contributed by atoms with Crippen molar-refractivity contribution in [3.8, 4) is 0 Å². The van der Waals surface area contributed by atoms with E-state index in [9.17, 15) is 13.2 Å². The first-order valence-corrected chi connectivity index (χ1v) is 6.42. The average molecular weight is 272 g/mol. The van der Waals surface area contributed by atoms with Crippen molar-refractivity contribution in [1.82, 2.24) is 9.97 Å². The summed E-state index contributed by atoms with van der Waals surface area (Å²) in [6.07, 6.45) is -0.235.